The van der Waals surface area contributed by atoms with Crippen molar-refractivity contribution in [3.63, 3.8) is 0 Å². The van der Waals surface area contributed by atoms with Gasteiger partial charge in [0.15, 0.2) is 0 Å². The van der Waals surface area contributed by atoms with Gasteiger partial charge in [-0.15, -0.1) is 0 Å². The van der Waals surface area contributed by atoms with Crippen LogP contribution in [0, 0.1) is 5.92 Å². The molecule has 1 saturated carbocycles. The molecule has 12 heavy (non-hydrogen) atoms. The van der Waals surface area contributed by atoms with Crippen LogP contribution in [0.4, 0.5) is 0 Å². The Bertz CT molecular complexity index is 128. The smallest absolute Gasteiger partial charge is 0.116 e. The molecule has 0 aliphatic heterocycles. The summed E-state index contributed by atoms with van der Waals surface area (Å²) < 4.78 is 0. The fourth-order valence-corrected chi connectivity index (χ4v) is 1.56. The van der Waals surface area contributed by atoms with Crippen LogP contribution in [0.25, 0.3) is 0 Å². The van der Waals surface area contributed by atoms with Crippen LogP contribution < -0.4 is 0 Å². The largest absolute Gasteiger partial charge is 0.396 e. The Balaban J connectivity index is 2.07. The molecule has 1 fully saturated rings. The topological polar surface area (TPSA) is 21.6 Å². The van der Waals surface area contributed by atoms with E-state index in [1.807, 2.05) is 6.21 Å². The van der Waals surface area contributed by atoms with Crippen LogP contribution in [-0.4, -0.2) is 12.8 Å². The molecule has 0 aromatic rings. The Labute approximate surface area is 75.0 Å². The molecule has 0 heterocycles. The quantitative estimate of drug-likeness (QED) is 0.360. The number of nitrogens with zero attached hydrogens (tertiary/aromatic N) is 1. The molecule has 0 radical (unpaired) electrons. The van der Waals surface area contributed by atoms with Crippen molar-refractivity contribution < 1.29 is 4.84 Å². The van der Waals surface area contributed by atoms with Gasteiger partial charge in [-0.2, -0.15) is 0 Å². The predicted molar refractivity (Wildman–Crippen MR) is 51.3 cm³/mol. The van der Waals surface area contributed by atoms with Gasteiger partial charge < -0.3 is 4.84 Å². The normalized spacial score (nSPS) is 20.1. The molecule has 0 aromatic carbocycles. The lowest BCUT2D eigenvalue weighted by atomic mass is 9.90. The molecule has 1 aliphatic rings. The summed E-state index contributed by atoms with van der Waals surface area (Å²) >= 11 is 0. The Morgan fingerprint density at radius 2 is 2.08 bits per heavy atom. The third-order valence-electron chi connectivity index (χ3n) is 2.29. The van der Waals surface area contributed by atoms with Gasteiger partial charge in [-0.25, -0.2) is 0 Å². The Morgan fingerprint density at radius 3 is 2.75 bits per heavy atom. The molecule has 2 nitrogen and oxygen atoms in total. The monoisotopic (exact) mass is 169 g/mol. The number of hydrogen-bond acceptors (Lipinski definition) is 2. The highest BCUT2D eigenvalue weighted by Gasteiger charge is 2.10. The number of rotatable bonds is 4. The van der Waals surface area contributed by atoms with Crippen LogP contribution in [0.3, 0.4) is 0 Å². The summed E-state index contributed by atoms with van der Waals surface area (Å²) in [5.74, 6) is 0.690. The molecule has 0 unspecified atom stereocenters. The zero-order valence-corrected chi connectivity index (χ0v) is 7.96. The zero-order chi connectivity index (χ0) is 8.65. The molecule has 70 valence electrons. The predicted octanol–water partition coefficient (Wildman–Crippen LogP) is 2.98. The molecular weight excluding hydrogens is 150 g/mol. The van der Waals surface area contributed by atoms with E-state index in [1.54, 1.807) is 0 Å². The second-order valence-corrected chi connectivity index (χ2v) is 3.49. The molecule has 0 bridgehead atoms. The highest BCUT2D eigenvalue weighted by molar-refractivity contribution is 5.59. The highest BCUT2D eigenvalue weighted by atomic mass is 16.6. The lowest BCUT2D eigenvalue weighted by Gasteiger charge is -2.16. The van der Waals surface area contributed by atoms with Crippen LogP contribution in [0.5, 0.6) is 0 Å². The summed E-state index contributed by atoms with van der Waals surface area (Å²) in [6, 6.07) is 0. The third kappa shape index (κ3) is 3.74. The molecular formula is C10H19NO. The van der Waals surface area contributed by atoms with Crippen molar-refractivity contribution in [3.05, 3.63) is 0 Å². The van der Waals surface area contributed by atoms with Gasteiger partial charge in [0.1, 0.15) is 6.61 Å². The summed E-state index contributed by atoms with van der Waals surface area (Å²) in [4.78, 5) is 5.05. The first-order chi connectivity index (χ1) is 5.93. The molecule has 0 saturated heterocycles. The molecule has 0 atom stereocenters. The van der Waals surface area contributed by atoms with E-state index in [4.69, 9.17) is 4.84 Å². The van der Waals surface area contributed by atoms with E-state index in [0.29, 0.717) is 5.92 Å². The number of hydrogen-bond donors (Lipinski definition) is 0. The van der Waals surface area contributed by atoms with Crippen molar-refractivity contribution in [1.29, 1.82) is 0 Å². The average molecular weight is 169 g/mol. The van der Waals surface area contributed by atoms with Gasteiger partial charge in [-0.1, -0.05) is 31.3 Å². The fraction of sp³-hybridized carbons (Fsp3) is 0.900. The van der Waals surface area contributed by atoms with Gasteiger partial charge in [0.25, 0.3) is 0 Å². The van der Waals surface area contributed by atoms with Crippen molar-refractivity contribution in [2.45, 2.75) is 45.4 Å². The molecule has 1 aliphatic carbocycles. The van der Waals surface area contributed by atoms with Gasteiger partial charge in [-0.05, 0) is 25.2 Å². The van der Waals surface area contributed by atoms with Crippen molar-refractivity contribution >= 4 is 6.21 Å². The fourth-order valence-electron chi connectivity index (χ4n) is 1.56. The van der Waals surface area contributed by atoms with Gasteiger partial charge >= 0.3 is 0 Å². The lowest BCUT2D eigenvalue weighted by molar-refractivity contribution is 0.144. The molecule has 0 spiro atoms. The first-order valence-electron chi connectivity index (χ1n) is 5.09. The summed E-state index contributed by atoms with van der Waals surface area (Å²) in [6.45, 7) is 2.85. The van der Waals surface area contributed by atoms with Crippen LogP contribution in [-0.2, 0) is 4.84 Å². The SMILES string of the molecule is CCCON=CC1CCCCC1. The molecule has 0 amide bonds. The minimum Gasteiger partial charge on any atom is -0.396 e. The van der Waals surface area contributed by atoms with Crippen molar-refractivity contribution in [2.75, 3.05) is 6.61 Å². The Kier molecular flexibility index (Phi) is 4.81. The van der Waals surface area contributed by atoms with Crippen molar-refractivity contribution in [1.82, 2.24) is 0 Å². The van der Waals surface area contributed by atoms with E-state index in [1.165, 1.54) is 32.1 Å². The van der Waals surface area contributed by atoms with Crippen LogP contribution in [0.15, 0.2) is 5.16 Å². The maximum absolute atomic E-state index is 5.05. The van der Waals surface area contributed by atoms with Crippen LogP contribution in [0.1, 0.15) is 45.4 Å². The van der Waals surface area contributed by atoms with Gasteiger partial charge in [0.2, 0.25) is 0 Å². The van der Waals surface area contributed by atoms with Crippen molar-refractivity contribution in [2.24, 2.45) is 11.1 Å². The minimum absolute atomic E-state index is 0.690. The first kappa shape index (κ1) is 9.56. The van der Waals surface area contributed by atoms with E-state index in [2.05, 4.69) is 12.1 Å². The second-order valence-electron chi connectivity index (χ2n) is 3.49. The summed E-state index contributed by atoms with van der Waals surface area (Å²) in [5, 5.41) is 3.96. The van der Waals surface area contributed by atoms with E-state index in [9.17, 15) is 0 Å². The summed E-state index contributed by atoms with van der Waals surface area (Å²) in [7, 11) is 0. The Hall–Kier alpha value is -0.530. The zero-order valence-electron chi connectivity index (χ0n) is 7.96. The molecule has 1 rings (SSSR count). The molecule has 0 N–H and O–H groups in total. The average Bonchev–Trinajstić information content (AvgIpc) is 2.14. The van der Waals surface area contributed by atoms with E-state index in [0.717, 1.165) is 13.0 Å². The standard InChI is InChI=1S/C10H19NO/c1-2-8-12-11-9-10-6-4-3-5-7-10/h9-10H,2-8H2,1H3. The van der Waals surface area contributed by atoms with Gasteiger partial charge in [0.05, 0.1) is 0 Å². The third-order valence-corrected chi connectivity index (χ3v) is 2.29. The first-order valence-corrected chi connectivity index (χ1v) is 5.09. The van der Waals surface area contributed by atoms with E-state index in [-0.39, 0.29) is 0 Å². The maximum Gasteiger partial charge on any atom is 0.116 e. The summed E-state index contributed by atoms with van der Waals surface area (Å²) in [5.41, 5.74) is 0. The molecule has 0 aromatic heterocycles. The lowest BCUT2D eigenvalue weighted by Crippen LogP contribution is -2.07. The minimum atomic E-state index is 0.690. The Morgan fingerprint density at radius 1 is 1.33 bits per heavy atom. The van der Waals surface area contributed by atoms with Gasteiger partial charge in [0, 0.05) is 6.21 Å². The van der Waals surface area contributed by atoms with Crippen LogP contribution in [0.2, 0.25) is 0 Å². The summed E-state index contributed by atoms with van der Waals surface area (Å²) in [6.07, 6.45) is 9.78. The maximum atomic E-state index is 5.05. The second kappa shape index (κ2) is 6.04. The van der Waals surface area contributed by atoms with E-state index >= 15 is 0 Å². The van der Waals surface area contributed by atoms with Crippen LogP contribution >= 0.6 is 0 Å². The molecule has 2 heteroatoms. The highest BCUT2D eigenvalue weighted by Crippen LogP contribution is 2.21. The van der Waals surface area contributed by atoms with E-state index < -0.39 is 0 Å². The van der Waals surface area contributed by atoms with Gasteiger partial charge in [-0.3, -0.25) is 0 Å². The van der Waals surface area contributed by atoms with Crippen molar-refractivity contribution in [3.8, 4) is 0 Å². The number of oxime groups is 1.